The molecule has 0 aromatic carbocycles. The van der Waals surface area contributed by atoms with Crippen LogP contribution in [0.15, 0.2) is 16.9 Å². The number of amides is 1. The van der Waals surface area contributed by atoms with Gasteiger partial charge in [-0.15, -0.1) is 0 Å². The Hall–Kier alpha value is -2.44. The van der Waals surface area contributed by atoms with Gasteiger partial charge in [-0.05, 0) is 43.7 Å². The molecule has 1 atom stereocenters. The van der Waals surface area contributed by atoms with Gasteiger partial charge in [0.15, 0.2) is 0 Å². The van der Waals surface area contributed by atoms with Gasteiger partial charge in [0, 0.05) is 30.8 Å². The third kappa shape index (κ3) is 2.78. The van der Waals surface area contributed by atoms with E-state index in [1.54, 1.807) is 13.1 Å². The minimum absolute atomic E-state index is 0.0185. The van der Waals surface area contributed by atoms with Crippen molar-refractivity contribution in [3.8, 4) is 0 Å². The number of hydrogen-bond acceptors (Lipinski definition) is 4. The van der Waals surface area contributed by atoms with E-state index in [1.807, 2.05) is 6.07 Å². The Labute approximate surface area is 133 Å². The molecule has 0 unspecified atom stereocenters. The first-order chi connectivity index (χ1) is 11.1. The van der Waals surface area contributed by atoms with Gasteiger partial charge in [0.1, 0.15) is 5.69 Å². The number of carbonyl (C=O) groups excluding carboxylic acids is 1. The maximum atomic E-state index is 12.3. The van der Waals surface area contributed by atoms with Crippen molar-refractivity contribution in [3.63, 3.8) is 0 Å². The number of nitrogens with zero attached hydrogens (tertiary/aromatic N) is 3. The number of carbonyl (C=O) groups is 1. The molecule has 1 fully saturated rings. The largest absolute Gasteiger partial charge is 0.348 e. The van der Waals surface area contributed by atoms with Gasteiger partial charge >= 0.3 is 0 Å². The van der Waals surface area contributed by atoms with Crippen LogP contribution in [0.4, 0.5) is 0 Å². The van der Waals surface area contributed by atoms with Crippen LogP contribution < -0.4 is 10.9 Å². The molecule has 120 valence electrons. The third-order valence-corrected chi connectivity index (χ3v) is 4.64. The lowest BCUT2D eigenvalue weighted by atomic mass is 9.92. The molecule has 0 saturated heterocycles. The van der Waals surface area contributed by atoms with Crippen molar-refractivity contribution in [2.75, 3.05) is 0 Å². The lowest BCUT2D eigenvalue weighted by molar-refractivity contribution is 0.0928. The van der Waals surface area contributed by atoms with Crippen molar-refractivity contribution < 1.29 is 4.79 Å². The van der Waals surface area contributed by atoms with E-state index in [9.17, 15) is 9.59 Å². The molecule has 7 heteroatoms. The molecule has 0 radical (unpaired) electrons. The number of hydrogen-bond donors (Lipinski definition) is 2. The molecular formula is C16H19N5O2. The monoisotopic (exact) mass is 313 g/mol. The van der Waals surface area contributed by atoms with Crippen LogP contribution in [0, 0.1) is 0 Å². The maximum Gasteiger partial charge on any atom is 0.272 e. The van der Waals surface area contributed by atoms with Crippen molar-refractivity contribution in [1.29, 1.82) is 0 Å². The predicted octanol–water partition coefficient (Wildman–Crippen LogP) is 0.668. The molecule has 0 spiro atoms. The van der Waals surface area contributed by atoms with E-state index in [2.05, 4.69) is 20.6 Å². The Morgan fingerprint density at radius 3 is 2.96 bits per heavy atom. The van der Waals surface area contributed by atoms with Crippen molar-refractivity contribution in [3.05, 3.63) is 45.1 Å². The van der Waals surface area contributed by atoms with E-state index in [-0.39, 0.29) is 17.5 Å². The highest BCUT2D eigenvalue weighted by Crippen LogP contribution is 2.38. The van der Waals surface area contributed by atoms with E-state index < -0.39 is 0 Å². The molecule has 23 heavy (non-hydrogen) atoms. The van der Waals surface area contributed by atoms with E-state index >= 15 is 0 Å². The average molecular weight is 313 g/mol. The summed E-state index contributed by atoms with van der Waals surface area (Å²) in [6.07, 6.45) is 4.57. The number of aromatic nitrogens is 4. The van der Waals surface area contributed by atoms with Crippen LogP contribution in [0.25, 0.3) is 0 Å². The van der Waals surface area contributed by atoms with Gasteiger partial charge in [0.05, 0.1) is 5.69 Å². The fourth-order valence-electron chi connectivity index (χ4n) is 3.13. The lowest BCUT2D eigenvalue weighted by Crippen LogP contribution is -2.40. The van der Waals surface area contributed by atoms with E-state index in [0.29, 0.717) is 18.0 Å². The summed E-state index contributed by atoms with van der Waals surface area (Å²) < 4.78 is 1.36. The minimum Gasteiger partial charge on any atom is -0.348 e. The molecule has 7 nitrogen and oxygen atoms in total. The summed E-state index contributed by atoms with van der Waals surface area (Å²) in [5, 5.41) is 14.4. The quantitative estimate of drug-likeness (QED) is 0.871. The number of H-pyrrole nitrogens is 1. The normalized spacial score (nSPS) is 20.1. The fourth-order valence-corrected chi connectivity index (χ4v) is 3.13. The molecule has 0 bridgehead atoms. The number of aromatic amines is 1. The molecule has 2 aliphatic carbocycles. The van der Waals surface area contributed by atoms with Gasteiger partial charge < -0.3 is 5.32 Å². The van der Waals surface area contributed by atoms with E-state index in [4.69, 9.17) is 0 Å². The summed E-state index contributed by atoms with van der Waals surface area (Å²) in [5.74, 6) is 0.395. The van der Waals surface area contributed by atoms with Gasteiger partial charge in [0.2, 0.25) is 0 Å². The van der Waals surface area contributed by atoms with Gasteiger partial charge in [-0.2, -0.15) is 10.2 Å². The van der Waals surface area contributed by atoms with Crippen molar-refractivity contribution in [2.24, 2.45) is 7.05 Å². The molecule has 2 aromatic heterocycles. The second kappa shape index (κ2) is 5.33. The Bertz CT molecular complexity index is 818. The topological polar surface area (TPSA) is 92.7 Å². The second-order valence-electron chi connectivity index (χ2n) is 6.47. The number of fused-ring (bicyclic) bond motifs is 1. The van der Waals surface area contributed by atoms with Crippen molar-refractivity contribution in [2.45, 2.75) is 44.1 Å². The Kier molecular flexibility index (Phi) is 3.28. The Morgan fingerprint density at radius 2 is 2.17 bits per heavy atom. The summed E-state index contributed by atoms with van der Waals surface area (Å²) in [4.78, 5) is 24.0. The summed E-state index contributed by atoms with van der Waals surface area (Å²) in [6.45, 7) is 0. The highest BCUT2D eigenvalue weighted by atomic mass is 16.2. The average Bonchev–Trinajstić information content (AvgIpc) is 3.26. The van der Waals surface area contributed by atoms with Gasteiger partial charge in [-0.1, -0.05) is 0 Å². The van der Waals surface area contributed by atoms with Crippen molar-refractivity contribution >= 4 is 5.91 Å². The van der Waals surface area contributed by atoms with Crippen LogP contribution in [-0.2, 0) is 19.9 Å². The van der Waals surface area contributed by atoms with E-state index in [1.165, 1.54) is 17.5 Å². The standard InChI is InChI=1S/C16H19N5O2/c1-21-15(22)7-10-6-11(4-5-12(10)20-21)17-16(23)14-8-13(18-19-14)9-2-3-9/h7-9,11H,2-6H2,1H3,(H,17,23)(H,18,19)/t11-/m0/s1. The molecule has 2 aromatic rings. The summed E-state index contributed by atoms with van der Waals surface area (Å²) in [6, 6.07) is 3.49. The third-order valence-electron chi connectivity index (χ3n) is 4.64. The maximum absolute atomic E-state index is 12.3. The van der Waals surface area contributed by atoms with E-state index in [0.717, 1.165) is 29.8 Å². The summed E-state index contributed by atoms with van der Waals surface area (Å²) in [5.41, 5.74) is 3.27. The fraction of sp³-hybridized carbons (Fsp3) is 0.500. The van der Waals surface area contributed by atoms with Gasteiger partial charge in [-0.25, -0.2) is 4.68 Å². The zero-order valence-electron chi connectivity index (χ0n) is 13.0. The molecule has 0 aliphatic heterocycles. The van der Waals surface area contributed by atoms with Crippen LogP contribution in [0.5, 0.6) is 0 Å². The summed E-state index contributed by atoms with van der Waals surface area (Å²) in [7, 11) is 1.66. The minimum atomic E-state index is -0.154. The first kappa shape index (κ1) is 14.2. The number of aryl methyl sites for hydroxylation is 2. The zero-order valence-corrected chi connectivity index (χ0v) is 13.0. The van der Waals surface area contributed by atoms with Crippen LogP contribution in [0.1, 0.15) is 52.6 Å². The van der Waals surface area contributed by atoms with Crippen LogP contribution >= 0.6 is 0 Å². The second-order valence-corrected chi connectivity index (χ2v) is 6.47. The zero-order chi connectivity index (χ0) is 16.0. The molecular weight excluding hydrogens is 294 g/mol. The molecule has 2 heterocycles. The van der Waals surface area contributed by atoms with Crippen LogP contribution in [0.3, 0.4) is 0 Å². The highest BCUT2D eigenvalue weighted by Gasteiger charge is 2.27. The number of rotatable bonds is 3. The SMILES string of the molecule is Cn1nc2c(cc1=O)C[C@@H](NC(=O)c1cc(C3CC3)[nH]n1)CC2. The Balaban J connectivity index is 1.45. The smallest absolute Gasteiger partial charge is 0.272 e. The summed E-state index contributed by atoms with van der Waals surface area (Å²) >= 11 is 0. The van der Waals surface area contributed by atoms with Crippen LogP contribution in [-0.4, -0.2) is 31.9 Å². The molecule has 2 N–H and O–H groups in total. The molecule has 2 aliphatic rings. The molecule has 1 saturated carbocycles. The lowest BCUT2D eigenvalue weighted by Gasteiger charge is -2.24. The molecule has 1 amide bonds. The van der Waals surface area contributed by atoms with Crippen molar-refractivity contribution in [1.82, 2.24) is 25.3 Å². The molecule has 4 rings (SSSR count). The predicted molar refractivity (Wildman–Crippen MR) is 83.3 cm³/mol. The first-order valence-electron chi connectivity index (χ1n) is 8.02. The first-order valence-corrected chi connectivity index (χ1v) is 8.02. The number of nitrogens with one attached hydrogen (secondary N) is 2. The highest BCUT2D eigenvalue weighted by molar-refractivity contribution is 5.92. The van der Waals surface area contributed by atoms with Gasteiger partial charge in [0.25, 0.3) is 11.5 Å². The van der Waals surface area contributed by atoms with Gasteiger partial charge in [-0.3, -0.25) is 14.7 Å². The van der Waals surface area contributed by atoms with Crippen LogP contribution in [0.2, 0.25) is 0 Å². The Morgan fingerprint density at radius 1 is 1.35 bits per heavy atom.